The molecular formula is C25H32BN3O6. The Hall–Kier alpha value is -3.29. The first-order valence-electron chi connectivity index (χ1n) is 11.8. The number of fused-ring (bicyclic) bond motifs is 1. The number of benzene rings is 1. The highest BCUT2D eigenvalue weighted by Crippen LogP contribution is 2.29. The first-order chi connectivity index (χ1) is 16.6. The molecule has 1 fully saturated rings. The van der Waals surface area contributed by atoms with Crippen LogP contribution in [0.2, 0.25) is 6.32 Å². The number of piperidine rings is 1. The molecule has 2 amide bonds. The van der Waals surface area contributed by atoms with Gasteiger partial charge in [-0.15, -0.1) is 0 Å². The van der Waals surface area contributed by atoms with Gasteiger partial charge in [0.15, 0.2) is 0 Å². The van der Waals surface area contributed by atoms with Crippen LogP contribution in [0.5, 0.6) is 0 Å². The largest absolute Gasteiger partial charge is 0.466 e. The summed E-state index contributed by atoms with van der Waals surface area (Å²) in [4.78, 5) is 27.3. The van der Waals surface area contributed by atoms with Gasteiger partial charge >= 0.3 is 13.2 Å². The number of carbonyl (C=O) groups is 2. The highest BCUT2D eigenvalue weighted by atomic mass is 16.5. The molecule has 1 aromatic carbocycles. The first-order valence-corrected chi connectivity index (χ1v) is 11.8. The lowest BCUT2D eigenvalue weighted by molar-refractivity contribution is -0.131. The maximum Gasteiger partial charge on any atom is 0.454 e. The second kappa shape index (κ2) is 11.4. The van der Waals surface area contributed by atoms with E-state index in [2.05, 4.69) is 5.32 Å². The van der Waals surface area contributed by atoms with Gasteiger partial charge in [-0.2, -0.15) is 5.26 Å². The standard InChI is InChI=1S/C25H32BN3O6/c1-25(2,3)12-18(14-27)23(30)29-11-7-6-9-19(29)16-35-24(31)28-21(13-26(32)33)22-20-10-5-4-8-17(20)15-34-22/h4-5,8,10,12,15,19,21,32-33H,6-7,9,11,13,16H2,1-3H3,(H,28,31)/t19-,21?/m1/s1. The van der Waals surface area contributed by atoms with E-state index in [0.29, 0.717) is 18.7 Å². The smallest absolute Gasteiger partial charge is 0.454 e. The fraction of sp³-hybridized carbons (Fsp3) is 0.480. The third kappa shape index (κ3) is 7.10. The zero-order valence-corrected chi connectivity index (χ0v) is 20.4. The number of ether oxygens (including phenoxy) is 1. The normalized spacial score (nSPS) is 17.5. The molecule has 0 aliphatic carbocycles. The highest BCUT2D eigenvalue weighted by molar-refractivity contribution is 6.41. The second-order valence-electron chi connectivity index (χ2n) is 9.88. The van der Waals surface area contributed by atoms with E-state index in [4.69, 9.17) is 9.15 Å². The molecule has 2 atom stereocenters. The Morgan fingerprint density at radius 1 is 1.34 bits per heavy atom. The van der Waals surface area contributed by atoms with E-state index >= 15 is 0 Å². The molecule has 0 radical (unpaired) electrons. The van der Waals surface area contributed by atoms with Crippen LogP contribution in [0.3, 0.4) is 0 Å². The summed E-state index contributed by atoms with van der Waals surface area (Å²) in [5.41, 5.74) is -0.249. The van der Waals surface area contributed by atoms with E-state index in [1.807, 2.05) is 51.1 Å². The fourth-order valence-corrected chi connectivity index (χ4v) is 4.25. The molecule has 2 aromatic rings. The van der Waals surface area contributed by atoms with Gasteiger partial charge in [-0.05, 0) is 24.7 Å². The Morgan fingerprint density at radius 3 is 2.77 bits per heavy atom. The number of nitrogens with zero attached hydrogens (tertiary/aromatic N) is 2. The summed E-state index contributed by atoms with van der Waals surface area (Å²) in [5, 5.41) is 32.8. The molecule has 3 N–H and O–H groups in total. The Morgan fingerprint density at radius 2 is 2.09 bits per heavy atom. The molecule has 0 spiro atoms. The van der Waals surface area contributed by atoms with Crippen LogP contribution < -0.4 is 5.32 Å². The lowest BCUT2D eigenvalue weighted by Gasteiger charge is -2.35. The molecule has 1 saturated heterocycles. The predicted molar refractivity (Wildman–Crippen MR) is 131 cm³/mol. The molecule has 1 aromatic heterocycles. The van der Waals surface area contributed by atoms with Crippen molar-refractivity contribution in [1.29, 1.82) is 5.26 Å². The molecule has 186 valence electrons. The maximum absolute atomic E-state index is 13.1. The predicted octanol–water partition coefficient (Wildman–Crippen LogP) is 3.55. The van der Waals surface area contributed by atoms with Crippen LogP contribution in [0.15, 0.2) is 46.6 Å². The molecule has 3 rings (SSSR count). The summed E-state index contributed by atoms with van der Waals surface area (Å²) in [6.07, 6.45) is 4.58. The average molecular weight is 481 g/mol. The van der Waals surface area contributed by atoms with Gasteiger partial charge in [0, 0.05) is 23.6 Å². The van der Waals surface area contributed by atoms with Gasteiger partial charge in [-0.1, -0.05) is 51.1 Å². The summed E-state index contributed by atoms with van der Waals surface area (Å²) in [6, 6.07) is 8.17. The second-order valence-corrected chi connectivity index (χ2v) is 9.88. The van der Waals surface area contributed by atoms with Crippen LogP contribution in [-0.2, 0) is 9.53 Å². The van der Waals surface area contributed by atoms with Crippen molar-refractivity contribution in [3.05, 3.63) is 47.9 Å². The van der Waals surface area contributed by atoms with Gasteiger partial charge in [0.1, 0.15) is 24.0 Å². The number of allylic oxidation sites excluding steroid dienone is 1. The number of alkyl carbamates (subject to hydrolysis) is 1. The Balaban J connectivity index is 1.68. The molecule has 0 bridgehead atoms. The van der Waals surface area contributed by atoms with Gasteiger partial charge in [0.25, 0.3) is 5.91 Å². The van der Waals surface area contributed by atoms with Crippen LogP contribution in [0.4, 0.5) is 4.79 Å². The SMILES string of the molecule is CC(C)(C)C=C(C#N)C(=O)N1CCCC[C@@H]1COC(=O)NC(CB(O)O)c1occ2ccccc12. The van der Waals surface area contributed by atoms with E-state index in [0.717, 1.165) is 23.6 Å². The fourth-order valence-electron chi connectivity index (χ4n) is 4.25. The quantitative estimate of drug-likeness (QED) is 0.313. The van der Waals surface area contributed by atoms with Crippen molar-refractivity contribution < 1.29 is 28.8 Å². The maximum atomic E-state index is 13.1. The van der Waals surface area contributed by atoms with E-state index in [-0.39, 0.29) is 35.9 Å². The van der Waals surface area contributed by atoms with Crippen LogP contribution in [0, 0.1) is 16.7 Å². The Kier molecular flexibility index (Phi) is 8.59. The number of nitrogens with one attached hydrogen (secondary N) is 1. The van der Waals surface area contributed by atoms with Crippen LogP contribution in [0.25, 0.3) is 10.8 Å². The van der Waals surface area contributed by atoms with Crippen LogP contribution >= 0.6 is 0 Å². The molecule has 2 heterocycles. The average Bonchev–Trinajstić information content (AvgIpc) is 3.24. The van der Waals surface area contributed by atoms with Crippen molar-refractivity contribution in [2.24, 2.45) is 5.41 Å². The molecule has 0 saturated carbocycles. The van der Waals surface area contributed by atoms with Crippen molar-refractivity contribution in [3.8, 4) is 6.07 Å². The minimum absolute atomic E-state index is 0.0426. The van der Waals surface area contributed by atoms with E-state index in [1.54, 1.807) is 11.0 Å². The van der Waals surface area contributed by atoms with Gasteiger partial charge in [-0.3, -0.25) is 4.79 Å². The van der Waals surface area contributed by atoms with Crippen LogP contribution in [0.1, 0.15) is 51.8 Å². The number of amides is 2. The van der Waals surface area contributed by atoms with Crippen LogP contribution in [-0.4, -0.2) is 53.3 Å². The minimum atomic E-state index is -1.67. The molecular weight excluding hydrogens is 449 g/mol. The van der Waals surface area contributed by atoms with Gasteiger partial charge in [-0.25, -0.2) is 4.79 Å². The zero-order chi connectivity index (χ0) is 25.6. The van der Waals surface area contributed by atoms with Gasteiger partial charge in [0.2, 0.25) is 0 Å². The number of rotatable bonds is 7. The number of hydrogen-bond donors (Lipinski definition) is 3. The number of furan rings is 1. The summed E-state index contributed by atoms with van der Waals surface area (Å²) in [5.74, 6) is 0.0329. The summed E-state index contributed by atoms with van der Waals surface area (Å²) in [6.45, 7) is 6.19. The number of hydrogen-bond acceptors (Lipinski definition) is 7. The molecule has 35 heavy (non-hydrogen) atoms. The monoisotopic (exact) mass is 481 g/mol. The first kappa shape index (κ1) is 26.3. The van der Waals surface area contributed by atoms with E-state index < -0.39 is 19.3 Å². The van der Waals surface area contributed by atoms with Crippen molar-refractivity contribution in [2.45, 2.75) is 58.4 Å². The van der Waals surface area contributed by atoms with Crippen molar-refractivity contribution >= 4 is 29.9 Å². The molecule has 1 unspecified atom stereocenters. The highest BCUT2D eigenvalue weighted by Gasteiger charge is 2.31. The minimum Gasteiger partial charge on any atom is -0.466 e. The Bertz CT molecular complexity index is 1110. The van der Waals surface area contributed by atoms with E-state index in [1.165, 1.54) is 6.26 Å². The molecule has 10 heteroatoms. The topological polar surface area (TPSA) is 136 Å². The third-order valence-electron chi connectivity index (χ3n) is 5.82. The third-order valence-corrected chi connectivity index (χ3v) is 5.82. The van der Waals surface area contributed by atoms with Gasteiger partial charge in [0.05, 0.1) is 18.3 Å². The molecule has 9 nitrogen and oxygen atoms in total. The summed E-state index contributed by atoms with van der Waals surface area (Å²) >= 11 is 0. The summed E-state index contributed by atoms with van der Waals surface area (Å²) in [7, 11) is -1.67. The lowest BCUT2D eigenvalue weighted by Crippen LogP contribution is -2.47. The molecule has 1 aliphatic heterocycles. The zero-order valence-electron chi connectivity index (χ0n) is 20.4. The Labute approximate surface area is 205 Å². The number of carbonyl (C=O) groups excluding carboxylic acids is 2. The number of nitriles is 1. The molecule has 1 aliphatic rings. The van der Waals surface area contributed by atoms with Crippen molar-refractivity contribution in [1.82, 2.24) is 10.2 Å². The van der Waals surface area contributed by atoms with Gasteiger partial charge < -0.3 is 29.4 Å². The van der Waals surface area contributed by atoms with Crippen molar-refractivity contribution in [3.63, 3.8) is 0 Å². The number of likely N-dealkylation sites (tertiary alicyclic amines) is 1. The van der Waals surface area contributed by atoms with Crippen molar-refractivity contribution in [2.75, 3.05) is 13.2 Å². The lowest BCUT2D eigenvalue weighted by atomic mass is 9.80. The summed E-state index contributed by atoms with van der Waals surface area (Å²) < 4.78 is 11.1. The van der Waals surface area contributed by atoms with E-state index in [9.17, 15) is 24.9 Å².